The molecule has 1 heterocycles. The third-order valence-electron chi connectivity index (χ3n) is 2.12. The quantitative estimate of drug-likeness (QED) is 0.768. The van der Waals surface area contributed by atoms with E-state index < -0.39 is 0 Å². The monoisotopic (exact) mass is 251 g/mol. The average Bonchev–Trinajstić information content (AvgIpc) is 2.61. The van der Waals surface area contributed by atoms with Crippen LogP contribution in [0.2, 0.25) is 0 Å². The van der Waals surface area contributed by atoms with E-state index in [1.807, 2.05) is 41.9 Å². The minimum Gasteiger partial charge on any atom is -0.218 e. The Morgan fingerprint density at radius 2 is 2.00 bits per heavy atom. The van der Waals surface area contributed by atoms with Gasteiger partial charge in [-0.3, -0.25) is 0 Å². The highest BCUT2D eigenvalue weighted by molar-refractivity contribution is 9.08. The third-order valence-corrected chi connectivity index (χ3v) is 2.65. The third kappa shape index (κ3) is 1.57. The summed E-state index contributed by atoms with van der Waals surface area (Å²) >= 11 is 3.38. The van der Waals surface area contributed by atoms with Gasteiger partial charge in [0.15, 0.2) is 0 Å². The molecule has 0 saturated heterocycles. The summed E-state index contributed by atoms with van der Waals surface area (Å²) in [5.74, 6) is 0. The van der Waals surface area contributed by atoms with E-state index in [1.165, 1.54) is 0 Å². The lowest BCUT2D eigenvalue weighted by atomic mass is 10.3. The Morgan fingerprint density at radius 3 is 2.57 bits per heavy atom. The number of rotatable bonds is 2. The molecule has 0 unspecified atom stereocenters. The first-order valence-corrected chi connectivity index (χ1v) is 5.47. The molecule has 0 aliphatic carbocycles. The molecule has 0 N–H and O–H groups in total. The minimum absolute atomic E-state index is 0.742. The van der Waals surface area contributed by atoms with Crippen molar-refractivity contribution < 1.29 is 0 Å². The molecule has 3 nitrogen and oxygen atoms in total. The molecule has 0 aliphatic rings. The summed E-state index contributed by atoms with van der Waals surface area (Å²) in [6, 6.07) is 10.00. The van der Waals surface area contributed by atoms with Crippen LogP contribution in [0, 0.1) is 6.92 Å². The highest BCUT2D eigenvalue weighted by Gasteiger charge is 2.07. The molecule has 1 aromatic heterocycles. The fourth-order valence-electron chi connectivity index (χ4n) is 1.30. The summed E-state index contributed by atoms with van der Waals surface area (Å²) in [5, 5.41) is 8.91. The number of hydrogen-bond donors (Lipinski definition) is 0. The van der Waals surface area contributed by atoms with Crippen LogP contribution in [0.4, 0.5) is 0 Å². The van der Waals surface area contributed by atoms with Crippen molar-refractivity contribution in [2.75, 3.05) is 0 Å². The van der Waals surface area contributed by atoms with Crippen molar-refractivity contribution in [1.82, 2.24) is 15.0 Å². The topological polar surface area (TPSA) is 30.7 Å². The van der Waals surface area contributed by atoms with Crippen molar-refractivity contribution in [2.24, 2.45) is 0 Å². The maximum absolute atomic E-state index is 4.09. The van der Waals surface area contributed by atoms with Crippen LogP contribution < -0.4 is 0 Å². The average molecular weight is 252 g/mol. The second-order valence-corrected chi connectivity index (χ2v) is 3.56. The molecular weight excluding hydrogens is 242 g/mol. The van der Waals surface area contributed by atoms with Gasteiger partial charge in [0.2, 0.25) is 0 Å². The fourth-order valence-corrected chi connectivity index (χ4v) is 1.82. The second-order valence-electron chi connectivity index (χ2n) is 3.00. The van der Waals surface area contributed by atoms with Gasteiger partial charge in [0.1, 0.15) is 0 Å². The van der Waals surface area contributed by atoms with Gasteiger partial charge in [-0.1, -0.05) is 39.3 Å². The Morgan fingerprint density at radius 1 is 1.29 bits per heavy atom. The van der Waals surface area contributed by atoms with Crippen molar-refractivity contribution in [1.29, 1.82) is 0 Å². The summed E-state index contributed by atoms with van der Waals surface area (Å²) in [6.07, 6.45) is 0. The number of benzene rings is 1. The zero-order valence-corrected chi connectivity index (χ0v) is 9.40. The van der Waals surface area contributed by atoms with Gasteiger partial charge in [0, 0.05) is 5.33 Å². The first kappa shape index (κ1) is 9.40. The number of aromatic nitrogens is 3. The highest BCUT2D eigenvalue weighted by atomic mass is 79.9. The van der Waals surface area contributed by atoms with Gasteiger partial charge in [-0.25, -0.2) is 4.68 Å². The van der Waals surface area contributed by atoms with E-state index in [9.17, 15) is 0 Å². The highest BCUT2D eigenvalue weighted by Crippen LogP contribution is 2.13. The lowest BCUT2D eigenvalue weighted by molar-refractivity contribution is 0.784. The molecule has 0 radical (unpaired) electrons. The van der Waals surface area contributed by atoms with Gasteiger partial charge >= 0.3 is 0 Å². The van der Waals surface area contributed by atoms with Crippen molar-refractivity contribution >= 4 is 15.9 Å². The van der Waals surface area contributed by atoms with Crippen LogP contribution in [0.3, 0.4) is 0 Å². The molecule has 0 fully saturated rings. The number of hydrogen-bond acceptors (Lipinski definition) is 2. The van der Waals surface area contributed by atoms with E-state index in [2.05, 4.69) is 26.2 Å². The molecule has 1 aromatic carbocycles. The Hall–Kier alpha value is -1.16. The number of nitrogens with zero attached hydrogens (tertiary/aromatic N) is 3. The van der Waals surface area contributed by atoms with Crippen LogP contribution in [0.5, 0.6) is 0 Å². The Bertz CT molecular complexity index is 422. The lowest BCUT2D eigenvalue weighted by Crippen LogP contribution is -1.98. The molecule has 0 amide bonds. The van der Waals surface area contributed by atoms with Crippen LogP contribution in [0.15, 0.2) is 30.3 Å². The van der Waals surface area contributed by atoms with Crippen molar-refractivity contribution in [3.8, 4) is 5.69 Å². The number of alkyl halides is 1. The Kier molecular flexibility index (Phi) is 2.63. The molecular formula is C10H10BrN3. The SMILES string of the molecule is Cc1c(CBr)nnn1-c1ccccc1. The minimum atomic E-state index is 0.742. The summed E-state index contributed by atoms with van der Waals surface area (Å²) in [7, 11) is 0. The molecule has 0 bridgehead atoms. The van der Waals surface area contributed by atoms with E-state index in [0.717, 1.165) is 22.4 Å². The molecule has 2 aromatic rings. The summed E-state index contributed by atoms with van der Waals surface area (Å²) in [6.45, 7) is 2.02. The van der Waals surface area contributed by atoms with Crippen molar-refractivity contribution in [3.05, 3.63) is 41.7 Å². The van der Waals surface area contributed by atoms with Gasteiger partial charge < -0.3 is 0 Å². The van der Waals surface area contributed by atoms with Gasteiger partial charge in [-0.05, 0) is 19.1 Å². The molecule has 0 saturated carbocycles. The predicted octanol–water partition coefficient (Wildman–Crippen LogP) is 2.47. The second kappa shape index (κ2) is 3.92. The van der Waals surface area contributed by atoms with Gasteiger partial charge in [-0.15, -0.1) is 5.10 Å². The van der Waals surface area contributed by atoms with E-state index >= 15 is 0 Å². The van der Waals surface area contributed by atoms with Crippen LogP contribution in [0.25, 0.3) is 5.69 Å². The zero-order chi connectivity index (χ0) is 9.97. The first-order valence-electron chi connectivity index (χ1n) is 4.35. The van der Waals surface area contributed by atoms with E-state index in [1.54, 1.807) is 0 Å². The van der Waals surface area contributed by atoms with Gasteiger partial charge in [-0.2, -0.15) is 0 Å². The van der Waals surface area contributed by atoms with E-state index in [-0.39, 0.29) is 0 Å². The lowest BCUT2D eigenvalue weighted by Gasteiger charge is -2.01. The molecule has 72 valence electrons. The van der Waals surface area contributed by atoms with E-state index in [0.29, 0.717) is 0 Å². The molecule has 0 aliphatic heterocycles. The molecule has 0 spiro atoms. The van der Waals surface area contributed by atoms with Crippen LogP contribution >= 0.6 is 15.9 Å². The number of halogens is 1. The molecule has 4 heteroatoms. The molecule has 14 heavy (non-hydrogen) atoms. The van der Waals surface area contributed by atoms with Crippen LogP contribution in [0.1, 0.15) is 11.4 Å². The smallest absolute Gasteiger partial charge is 0.0966 e. The summed E-state index contributed by atoms with van der Waals surface area (Å²) in [5.41, 5.74) is 3.10. The standard InChI is InChI=1S/C10H10BrN3/c1-8-10(7-11)12-13-14(8)9-5-3-2-4-6-9/h2-6H,7H2,1H3. The first-order chi connectivity index (χ1) is 6.83. The normalized spacial score (nSPS) is 10.4. The Balaban J connectivity index is 2.48. The Labute approximate surface area is 90.9 Å². The fraction of sp³-hybridized carbons (Fsp3) is 0.200. The maximum atomic E-state index is 4.09. The maximum Gasteiger partial charge on any atom is 0.0966 e. The van der Waals surface area contributed by atoms with Gasteiger partial charge in [0.25, 0.3) is 0 Å². The van der Waals surface area contributed by atoms with Crippen LogP contribution in [-0.2, 0) is 5.33 Å². The zero-order valence-electron chi connectivity index (χ0n) is 7.81. The number of para-hydroxylation sites is 1. The summed E-state index contributed by atoms with van der Waals surface area (Å²) in [4.78, 5) is 0. The molecule has 2 rings (SSSR count). The van der Waals surface area contributed by atoms with E-state index in [4.69, 9.17) is 0 Å². The summed E-state index contributed by atoms with van der Waals surface area (Å²) < 4.78 is 1.84. The van der Waals surface area contributed by atoms with Gasteiger partial charge in [0.05, 0.1) is 17.1 Å². The largest absolute Gasteiger partial charge is 0.218 e. The van der Waals surface area contributed by atoms with Crippen molar-refractivity contribution in [3.63, 3.8) is 0 Å². The van der Waals surface area contributed by atoms with Crippen molar-refractivity contribution in [2.45, 2.75) is 12.3 Å². The molecule has 0 atom stereocenters. The predicted molar refractivity (Wildman–Crippen MR) is 58.7 cm³/mol. The van der Waals surface area contributed by atoms with Crippen LogP contribution in [-0.4, -0.2) is 15.0 Å².